The van der Waals surface area contributed by atoms with Gasteiger partial charge in [-0.2, -0.15) is 5.26 Å². The minimum Gasteiger partial charge on any atom is -0.259 e. The molecule has 0 amide bonds. The first kappa shape index (κ1) is 13.3. The van der Waals surface area contributed by atoms with E-state index in [9.17, 15) is 4.21 Å². The molecule has 96 valence electrons. The first-order chi connectivity index (χ1) is 8.83. The molecule has 1 aromatic carbocycles. The van der Waals surface area contributed by atoms with Crippen molar-refractivity contribution >= 4 is 10.8 Å². The molecule has 1 fully saturated rings. The zero-order chi connectivity index (χ0) is 12.8. The van der Waals surface area contributed by atoms with E-state index >= 15 is 0 Å². The van der Waals surface area contributed by atoms with Crippen LogP contribution in [0.15, 0.2) is 30.3 Å². The van der Waals surface area contributed by atoms with Gasteiger partial charge in [-0.25, -0.2) is 0 Å². The molecule has 1 aliphatic rings. The van der Waals surface area contributed by atoms with Crippen molar-refractivity contribution in [2.75, 3.05) is 0 Å². The largest absolute Gasteiger partial charge is 0.259 e. The molecule has 2 atom stereocenters. The first-order valence-corrected chi connectivity index (χ1v) is 7.92. The van der Waals surface area contributed by atoms with Gasteiger partial charge in [-0.05, 0) is 18.4 Å². The third-order valence-electron chi connectivity index (χ3n) is 3.61. The molecular weight excluding hydrogens is 242 g/mol. The summed E-state index contributed by atoms with van der Waals surface area (Å²) in [6.07, 6.45) is 6.10. The predicted molar refractivity (Wildman–Crippen MR) is 74.4 cm³/mol. The number of rotatable bonds is 4. The third kappa shape index (κ3) is 3.20. The Bertz CT molecular complexity index is 432. The highest BCUT2D eigenvalue weighted by Gasteiger charge is 2.27. The van der Waals surface area contributed by atoms with Gasteiger partial charge in [0.2, 0.25) is 0 Å². The molecule has 0 aliphatic heterocycles. The van der Waals surface area contributed by atoms with E-state index in [4.69, 9.17) is 5.26 Å². The molecule has 0 N–H and O–H groups in total. The van der Waals surface area contributed by atoms with Gasteiger partial charge in [0.25, 0.3) is 0 Å². The Hall–Kier alpha value is -1.14. The van der Waals surface area contributed by atoms with Crippen LogP contribution in [0.5, 0.6) is 0 Å². The van der Waals surface area contributed by atoms with Crippen LogP contribution in [0, 0.1) is 11.3 Å². The fourth-order valence-electron chi connectivity index (χ4n) is 2.61. The molecule has 3 heteroatoms. The number of hydrogen-bond acceptors (Lipinski definition) is 2. The number of nitriles is 1. The first-order valence-electron chi connectivity index (χ1n) is 6.64. The average molecular weight is 261 g/mol. The molecule has 1 aromatic rings. The third-order valence-corrected chi connectivity index (χ3v) is 5.74. The molecule has 1 saturated carbocycles. The van der Waals surface area contributed by atoms with Crippen molar-refractivity contribution in [3.63, 3.8) is 0 Å². The van der Waals surface area contributed by atoms with Crippen LogP contribution in [0.1, 0.15) is 49.3 Å². The summed E-state index contributed by atoms with van der Waals surface area (Å²) in [7, 11) is -0.918. The van der Waals surface area contributed by atoms with Gasteiger partial charge in [0.05, 0.1) is 17.7 Å². The summed E-state index contributed by atoms with van der Waals surface area (Å²) >= 11 is 0. The van der Waals surface area contributed by atoms with Crippen molar-refractivity contribution in [3.8, 4) is 6.07 Å². The van der Waals surface area contributed by atoms with Crippen LogP contribution in [-0.2, 0) is 10.8 Å². The fraction of sp³-hybridized carbons (Fsp3) is 0.533. The molecule has 2 nitrogen and oxygen atoms in total. The molecule has 0 spiro atoms. The van der Waals surface area contributed by atoms with Crippen LogP contribution in [0.3, 0.4) is 0 Å². The van der Waals surface area contributed by atoms with Crippen molar-refractivity contribution in [1.29, 1.82) is 5.26 Å². The predicted octanol–water partition coefficient (Wildman–Crippen LogP) is 3.72. The molecule has 18 heavy (non-hydrogen) atoms. The van der Waals surface area contributed by atoms with Gasteiger partial charge in [-0.15, -0.1) is 0 Å². The summed E-state index contributed by atoms with van der Waals surface area (Å²) in [5.74, 6) is 0. The summed E-state index contributed by atoms with van der Waals surface area (Å²) in [4.78, 5) is 0. The van der Waals surface area contributed by atoms with Crippen LogP contribution in [0.25, 0.3) is 0 Å². The Labute approximate surface area is 111 Å². The maximum absolute atomic E-state index is 12.6. The molecule has 0 saturated heterocycles. The van der Waals surface area contributed by atoms with Gasteiger partial charge < -0.3 is 0 Å². The number of hydrogen-bond donors (Lipinski definition) is 0. The minimum atomic E-state index is -0.918. The summed E-state index contributed by atoms with van der Waals surface area (Å²) in [5.41, 5.74) is 1.04. The highest BCUT2D eigenvalue weighted by Crippen LogP contribution is 2.31. The van der Waals surface area contributed by atoms with Crippen molar-refractivity contribution in [2.45, 2.75) is 49.0 Å². The maximum atomic E-state index is 12.6. The highest BCUT2D eigenvalue weighted by atomic mass is 32.2. The average Bonchev–Trinajstić information content (AvgIpc) is 2.46. The standard InChI is InChI=1S/C15H19NOS/c16-12-11-15(13-7-3-1-4-8-13)18(17)14-9-5-2-6-10-14/h1,3-4,7-8,14-15H,2,5-6,9-11H2. The zero-order valence-corrected chi connectivity index (χ0v) is 11.4. The van der Waals surface area contributed by atoms with E-state index in [1.54, 1.807) is 0 Å². The van der Waals surface area contributed by atoms with Crippen LogP contribution in [0.2, 0.25) is 0 Å². The van der Waals surface area contributed by atoms with Crippen LogP contribution in [-0.4, -0.2) is 9.46 Å². The molecule has 2 rings (SSSR count). The van der Waals surface area contributed by atoms with E-state index < -0.39 is 10.8 Å². The van der Waals surface area contributed by atoms with Crippen molar-refractivity contribution in [1.82, 2.24) is 0 Å². The Morgan fingerprint density at radius 3 is 2.50 bits per heavy atom. The fourth-order valence-corrected chi connectivity index (χ4v) is 4.54. The highest BCUT2D eigenvalue weighted by molar-refractivity contribution is 7.85. The smallest absolute Gasteiger partial charge is 0.0729 e. The van der Waals surface area contributed by atoms with Gasteiger partial charge in [0, 0.05) is 16.0 Å². The molecular formula is C15H19NOS. The van der Waals surface area contributed by atoms with E-state index in [0.29, 0.717) is 6.42 Å². The molecule has 1 aliphatic carbocycles. The lowest BCUT2D eigenvalue weighted by molar-refractivity contribution is 0.502. The molecule has 2 unspecified atom stereocenters. The minimum absolute atomic E-state index is 0.112. The van der Waals surface area contributed by atoms with E-state index in [1.165, 1.54) is 19.3 Å². The van der Waals surface area contributed by atoms with Crippen LogP contribution in [0.4, 0.5) is 0 Å². The van der Waals surface area contributed by atoms with E-state index in [2.05, 4.69) is 6.07 Å². The Kier molecular flexibility index (Phi) is 4.95. The Morgan fingerprint density at radius 1 is 1.22 bits per heavy atom. The van der Waals surface area contributed by atoms with E-state index in [1.807, 2.05) is 30.3 Å². The lowest BCUT2D eigenvalue weighted by atomic mass is 10.0. The molecule has 0 heterocycles. The number of nitrogens with zero attached hydrogens (tertiary/aromatic N) is 1. The summed E-state index contributed by atoms with van der Waals surface area (Å²) in [5, 5.41) is 9.14. The summed E-state index contributed by atoms with van der Waals surface area (Å²) in [6.45, 7) is 0. The molecule has 0 bridgehead atoms. The quantitative estimate of drug-likeness (QED) is 0.828. The second kappa shape index (κ2) is 6.70. The summed E-state index contributed by atoms with van der Waals surface area (Å²) < 4.78 is 12.6. The normalized spacial score (nSPS) is 19.9. The van der Waals surface area contributed by atoms with Crippen molar-refractivity contribution < 1.29 is 4.21 Å². The lowest BCUT2D eigenvalue weighted by Gasteiger charge is -2.25. The SMILES string of the molecule is N#CCC(c1ccccc1)S(=O)C1CCCCC1. The van der Waals surface area contributed by atoms with Gasteiger partial charge in [-0.1, -0.05) is 49.6 Å². The maximum Gasteiger partial charge on any atom is 0.0729 e. The lowest BCUT2D eigenvalue weighted by Crippen LogP contribution is -2.23. The van der Waals surface area contributed by atoms with Gasteiger partial charge in [-0.3, -0.25) is 4.21 Å². The molecule has 0 radical (unpaired) electrons. The van der Waals surface area contributed by atoms with Gasteiger partial charge in [0.1, 0.15) is 0 Å². The monoisotopic (exact) mass is 261 g/mol. The number of benzene rings is 1. The van der Waals surface area contributed by atoms with Crippen molar-refractivity contribution in [2.24, 2.45) is 0 Å². The Balaban J connectivity index is 2.14. The molecule has 0 aromatic heterocycles. The van der Waals surface area contributed by atoms with E-state index in [0.717, 1.165) is 18.4 Å². The van der Waals surface area contributed by atoms with Gasteiger partial charge >= 0.3 is 0 Å². The second-order valence-corrected chi connectivity index (χ2v) is 6.74. The van der Waals surface area contributed by atoms with Gasteiger partial charge in [0.15, 0.2) is 0 Å². The second-order valence-electron chi connectivity index (χ2n) is 4.85. The van der Waals surface area contributed by atoms with Crippen molar-refractivity contribution in [3.05, 3.63) is 35.9 Å². The Morgan fingerprint density at radius 2 is 1.89 bits per heavy atom. The van der Waals surface area contributed by atoms with Crippen LogP contribution >= 0.6 is 0 Å². The topological polar surface area (TPSA) is 40.9 Å². The zero-order valence-electron chi connectivity index (χ0n) is 10.5. The van der Waals surface area contributed by atoms with E-state index in [-0.39, 0.29) is 10.5 Å². The van der Waals surface area contributed by atoms with Crippen LogP contribution < -0.4 is 0 Å². The summed E-state index contributed by atoms with van der Waals surface area (Å²) in [6, 6.07) is 12.0.